The second-order valence-corrected chi connectivity index (χ2v) is 4.09. The highest BCUT2D eigenvalue weighted by molar-refractivity contribution is 9.10. The summed E-state index contributed by atoms with van der Waals surface area (Å²) in [6, 6.07) is 1.94. The van der Waals surface area contributed by atoms with E-state index in [1.54, 1.807) is 0 Å². The van der Waals surface area contributed by atoms with Crippen molar-refractivity contribution in [2.45, 2.75) is 13.3 Å². The molecule has 1 aromatic rings. The lowest BCUT2D eigenvalue weighted by atomic mass is 10.0. The molecule has 4 heteroatoms. The molecule has 0 aromatic heterocycles. The second kappa shape index (κ2) is 3.79. The predicted octanol–water partition coefficient (Wildman–Crippen LogP) is 1.99. The van der Waals surface area contributed by atoms with E-state index in [1.807, 2.05) is 6.07 Å². The fraction of sp³-hybridized carbons (Fsp3) is 0.400. The molecule has 3 nitrogen and oxygen atoms in total. The molecule has 0 unspecified atom stereocenters. The van der Waals surface area contributed by atoms with Gasteiger partial charge in [0.15, 0.2) is 11.5 Å². The van der Waals surface area contributed by atoms with E-state index in [2.05, 4.69) is 22.9 Å². The largest absolute Gasteiger partial charge is 0.454 e. The maximum Gasteiger partial charge on any atom is 0.231 e. The van der Waals surface area contributed by atoms with Crippen molar-refractivity contribution in [3.63, 3.8) is 0 Å². The molecule has 1 aromatic carbocycles. The van der Waals surface area contributed by atoms with Crippen LogP contribution < -0.4 is 15.2 Å². The first-order valence-electron chi connectivity index (χ1n) is 4.51. The minimum Gasteiger partial charge on any atom is -0.454 e. The molecule has 0 fully saturated rings. The highest BCUT2D eigenvalue weighted by Crippen LogP contribution is 2.41. The Kier molecular flexibility index (Phi) is 2.65. The Hall–Kier alpha value is -0.740. The normalized spacial score (nSPS) is 13.4. The van der Waals surface area contributed by atoms with E-state index in [-0.39, 0.29) is 0 Å². The Balaban J connectivity index is 2.54. The van der Waals surface area contributed by atoms with E-state index in [1.165, 1.54) is 5.56 Å². The van der Waals surface area contributed by atoms with Crippen LogP contribution in [0.1, 0.15) is 11.1 Å². The summed E-state index contributed by atoms with van der Waals surface area (Å²) >= 11 is 3.49. The van der Waals surface area contributed by atoms with Gasteiger partial charge in [-0.2, -0.15) is 0 Å². The van der Waals surface area contributed by atoms with Crippen molar-refractivity contribution in [2.75, 3.05) is 13.3 Å². The van der Waals surface area contributed by atoms with Gasteiger partial charge < -0.3 is 15.2 Å². The highest BCUT2D eigenvalue weighted by atomic mass is 79.9. The lowest BCUT2D eigenvalue weighted by Crippen LogP contribution is -2.05. The van der Waals surface area contributed by atoms with Gasteiger partial charge in [0.1, 0.15) is 0 Å². The fourth-order valence-electron chi connectivity index (χ4n) is 1.61. The molecule has 0 saturated carbocycles. The number of halogens is 1. The summed E-state index contributed by atoms with van der Waals surface area (Å²) in [7, 11) is 0. The van der Waals surface area contributed by atoms with Crippen LogP contribution >= 0.6 is 15.9 Å². The maximum absolute atomic E-state index is 5.56. The third-order valence-corrected chi connectivity index (χ3v) is 3.20. The van der Waals surface area contributed by atoms with Crippen molar-refractivity contribution in [1.29, 1.82) is 0 Å². The first-order chi connectivity index (χ1) is 6.74. The topological polar surface area (TPSA) is 44.5 Å². The Morgan fingerprint density at radius 3 is 3.00 bits per heavy atom. The molecule has 0 atom stereocenters. The number of rotatable bonds is 2. The van der Waals surface area contributed by atoms with Gasteiger partial charge in [0.05, 0.1) is 0 Å². The molecule has 14 heavy (non-hydrogen) atoms. The van der Waals surface area contributed by atoms with Crippen molar-refractivity contribution in [3.05, 3.63) is 21.7 Å². The monoisotopic (exact) mass is 257 g/mol. The highest BCUT2D eigenvalue weighted by Gasteiger charge is 2.20. The van der Waals surface area contributed by atoms with E-state index in [0.29, 0.717) is 13.3 Å². The van der Waals surface area contributed by atoms with Crippen LogP contribution in [0.2, 0.25) is 0 Å². The van der Waals surface area contributed by atoms with Crippen LogP contribution in [0.15, 0.2) is 10.5 Å². The Bertz CT molecular complexity index is 366. The minimum atomic E-state index is 0.308. The SMILES string of the molecule is Cc1c(Br)cc2c(c1CCN)OCO2. The zero-order valence-electron chi connectivity index (χ0n) is 7.97. The molecule has 1 heterocycles. The Morgan fingerprint density at radius 1 is 1.50 bits per heavy atom. The first-order valence-corrected chi connectivity index (χ1v) is 5.31. The van der Waals surface area contributed by atoms with Crippen molar-refractivity contribution in [1.82, 2.24) is 0 Å². The average molecular weight is 258 g/mol. The molecule has 0 radical (unpaired) electrons. The lowest BCUT2D eigenvalue weighted by molar-refractivity contribution is 0.173. The standard InChI is InChI=1S/C10H12BrNO2/c1-6-7(2-3-12)10-9(4-8(6)11)13-5-14-10/h4H,2-3,5,12H2,1H3. The number of ether oxygens (including phenoxy) is 2. The molecule has 2 rings (SSSR count). The van der Waals surface area contributed by atoms with Crippen LogP contribution in [0.4, 0.5) is 0 Å². The molecular weight excluding hydrogens is 246 g/mol. The van der Waals surface area contributed by atoms with Crippen LogP contribution in [-0.2, 0) is 6.42 Å². The predicted molar refractivity (Wildman–Crippen MR) is 57.8 cm³/mol. The van der Waals surface area contributed by atoms with Gasteiger partial charge in [-0.1, -0.05) is 15.9 Å². The molecule has 0 spiro atoms. The molecule has 0 aliphatic carbocycles. The van der Waals surface area contributed by atoms with E-state index in [0.717, 1.165) is 28.0 Å². The summed E-state index contributed by atoms with van der Waals surface area (Å²) in [5, 5.41) is 0. The van der Waals surface area contributed by atoms with Crippen LogP contribution in [0.25, 0.3) is 0 Å². The van der Waals surface area contributed by atoms with E-state index >= 15 is 0 Å². The summed E-state index contributed by atoms with van der Waals surface area (Å²) in [6.07, 6.45) is 0.816. The zero-order valence-corrected chi connectivity index (χ0v) is 9.56. The number of nitrogens with two attached hydrogens (primary N) is 1. The van der Waals surface area contributed by atoms with E-state index < -0.39 is 0 Å². The van der Waals surface area contributed by atoms with Crippen molar-refractivity contribution in [3.8, 4) is 11.5 Å². The molecular formula is C10H12BrNO2. The molecule has 0 amide bonds. The van der Waals surface area contributed by atoms with Gasteiger partial charge in [-0.05, 0) is 31.5 Å². The van der Waals surface area contributed by atoms with Crippen LogP contribution in [0, 0.1) is 6.92 Å². The number of fused-ring (bicyclic) bond motifs is 1. The van der Waals surface area contributed by atoms with Gasteiger partial charge in [-0.15, -0.1) is 0 Å². The zero-order chi connectivity index (χ0) is 10.1. The van der Waals surface area contributed by atoms with Gasteiger partial charge >= 0.3 is 0 Å². The Labute approximate surface area is 91.3 Å². The number of hydrogen-bond donors (Lipinski definition) is 1. The summed E-state index contributed by atoms with van der Waals surface area (Å²) < 4.78 is 11.8. The second-order valence-electron chi connectivity index (χ2n) is 3.23. The quantitative estimate of drug-likeness (QED) is 0.882. The van der Waals surface area contributed by atoms with Gasteiger partial charge in [0.2, 0.25) is 6.79 Å². The number of hydrogen-bond acceptors (Lipinski definition) is 3. The molecule has 2 N–H and O–H groups in total. The van der Waals surface area contributed by atoms with E-state index in [4.69, 9.17) is 15.2 Å². The van der Waals surface area contributed by atoms with Gasteiger partial charge in [-0.25, -0.2) is 0 Å². The molecule has 0 saturated heterocycles. The van der Waals surface area contributed by atoms with Crippen LogP contribution in [0.5, 0.6) is 11.5 Å². The van der Waals surface area contributed by atoms with Gasteiger partial charge in [0, 0.05) is 10.0 Å². The fourth-order valence-corrected chi connectivity index (χ4v) is 2.06. The van der Waals surface area contributed by atoms with Gasteiger partial charge in [0.25, 0.3) is 0 Å². The first kappa shape index (κ1) is 9.80. The summed E-state index contributed by atoms with van der Waals surface area (Å²) in [5.41, 5.74) is 7.89. The lowest BCUT2D eigenvalue weighted by Gasteiger charge is -2.10. The molecule has 1 aliphatic rings. The summed E-state index contributed by atoms with van der Waals surface area (Å²) in [4.78, 5) is 0. The average Bonchev–Trinajstić information content (AvgIpc) is 2.60. The molecule has 1 aliphatic heterocycles. The minimum absolute atomic E-state index is 0.308. The van der Waals surface area contributed by atoms with Gasteiger partial charge in [-0.3, -0.25) is 0 Å². The van der Waals surface area contributed by atoms with Crippen molar-refractivity contribution in [2.24, 2.45) is 5.73 Å². The maximum atomic E-state index is 5.56. The third-order valence-electron chi connectivity index (χ3n) is 2.38. The summed E-state index contributed by atoms with van der Waals surface area (Å²) in [5.74, 6) is 1.67. The summed E-state index contributed by atoms with van der Waals surface area (Å²) in [6.45, 7) is 2.98. The van der Waals surface area contributed by atoms with Crippen LogP contribution in [0.3, 0.4) is 0 Å². The van der Waals surface area contributed by atoms with Crippen molar-refractivity contribution < 1.29 is 9.47 Å². The Morgan fingerprint density at radius 2 is 2.29 bits per heavy atom. The smallest absolute Gasteiger partial charge is 0.231 e. The van der Waals surface area contributed by atoms with Crippen molar-refractivity contribution >= 4 is 15.9 Å². The van der Waals surface area contributed by atoms with Crippen LogP contribution in [-0.4, -0.2) is 13.3 Å². The molecule has 0 bridgehead atoms. The van der Waals surface area contributed by atoms with E-state index in [9.17, 15) is 0 Å². The third kappa shape index (κ3) is 1.48. The number of benzene rings is 1. The molecule has 76 valence electrons.